The van der Waals surface area contributed by atoms with E-state index in [-0.39, 0.29) is 5.60 Å². The lowest BCUT2D eigenvalue weighted by molar-refractivity contribution is -0.181. The van der Waals surface area contributed by atoms with E-state index in [1.54, 1.807) is 0 Å². The second-order valence-electron chi connectivity index (χ2n) is 8.11. The zero-order chi connectivity index (χ0) is 13.2. The SMILES string of the molecule is CC1(C)CCC[C@@]2(C)C1CC[C@@]1(C)OC(O)C[C@@H]12. The fraction of sp³-hybridized carbons (Fsp3) is 1.00. The molecule has 1 saturated heterocycles. The van der Waals surface area contributed by atoms with Crippen LogP contribution >= 0.6 is 0 Å². The lowest BCUT2D eigenvalue weighted by atomic mass is 9.45. The van der Waals surface area contributed by atoms with Gasteiger partial charge in [-0.05, 0) is 55.3 Å². The summed E-state index contributed by atoms with van der Waals surface area (Å²) in [4.78, 5) is 0. The van der Waals surface area contributed by atoms with Crippen molar-refractivity contribution in [1.29, 1.82) is 0 Å². The summed E-state index contributed by atoms with van der Waals surface area (Å²) in [6.45, 7) is 9.60. The summed E-state index contributed by atoms with van der Waals surface area (Å²) in [7, 11) is 0. The van der Waals surface area contributed by atoms with Crippen LogP contribution in [0.5, 0.6) is 0 Å². The van der Waals surface area contributed by atoms with E-state index in [0.717, 1.165) is 18.8 Å². The van der Waals surface area contributed by atoms with Gasteiger partial charge in [0.05, 0.1) is 5.60 Å². The number of aliphatic hydroxyl groups excluding tert-OH is 1. The molecule has 104 valence electrons. The van der Waals surface area contributed by atoms with Gasteiger partial charge < -0.3 is 9.84 Å². The molecular formula is C16H28O2. The van der Waals surface area contributed by atoms with Gasteiger partial charge in [-0.1, -0.05) is 27.2 Å². The van der Waals surface area contributed by atoms with Gasteiger partial charge in [0, 0.05) is 6.42 Å². The molecule has 3 fully saturated rings. The van der Waals surface area contributed by atoms with Crippen LogP contribution < -0.4 is 0 Å². The number of hydrogen-bond acceptors (Lipinski definition) is 2. The summed E-state index contributed by atoms with van der Waals surface area (Å²) in [5.74, 6) is 1.34. The Morgan fingerprint density at radius 3 is 2.44 bits per heavy atom. The topological polar surface area (TPSA) is 29.5 Å². The predicted molar refractivity (Wildman–Crippen MR) is 72.1 cm³/mol. The highest BCUT2D eigenvalue weighted by Gasteiger charge is 2.61. The first kappa shape index (κ1) is 12.9. The molecule has 3 rings (SSSR count). The second-order valence-corrected chi connectivity index (χ2v) is 8.11. The van der Waals surface area contributed by atoms with Crippen molar-refractivity contribution in [3.05, 3.63) is 0 Å². The van der Waals surface area contributed by atoms with E-state index >= 15 is 0 Å². The van der Waals surface area contributed by atoms with Crippen LogP contribution in [0.4, 0.5) is 0 Å². The van der Waals surface area contributed by atoms with Crippen LogP contribution in [0.15, 0.2) is 0 Å². The normalized spacial score (nSPS) is 54.8. The maximum absolute atomic E-state index is 9.94. The zero-order valence-corrected chi connectivity index (χ0v) is 12.3. The van der Waals surface area contributed by atoms with Crippen molar-refractivity contribution in [2.24, 2.45) is 22.7 Å². The van der Waals surface area contributed by atoms with Crippen LogP contribution in [0.1, 0.15) is 66.2 Å². The van der Waals surface area contributed by atoms with Crippen molar-refractivity contribution in [1.82, 2.24) is 0 Å². The van der Waals surface area contributed by atoms with Gasteiger partial charge in [0.2, 0.25) is 0 Å². The Morgan fingerprint density at radius 1 is 1.00 bits per heavy atom. The Labute approximate surface area is 111 Å². The maximum atomic E-state index is 9.94. The van der Waals surface area contributed by atoms with Crippen LogP contribution in [0.3, 0.4) is 0 Å². The van der Waals surface area contributed by atoms with Crippen LogP contribution in [0.25, 0.3) is 0 Å². The van der Waals surface area contributed by atoms with E-state index in [2.05, 4.69) is 27.7 Å². The smallest absolute Gasteiger partial charge is 0.155 e. The van der Waals surface area contributed by atoms with Crippen molar-refractivity contribution in [2.75, 3.05) is 0 Å². The van der Waals surface area contributed by atoms with Gasteiger partial charge in [-0.3, -0.25) is 0 Å². The monoisotopic (exact) mass is 252 g/mol. The number of fused-ring (bicyclic) bond motifs is 3. The number of rotatable bonds is 0. The Hall–Kier alpha value is -0.0800. The largest absolute Gasteiger partial charge is 0.368 e. The van der Waals surface area contributed by atoms with Gasteiger partial charge in [-0.15, -0.1) is 0 Å². The van der Waals surface area contributed by atoms with Gasteiger partial charge in [0.25, 0.3) is 0 Å². The summed E-state index contributed by atoms with van der Waals surface area (Å²) in [6.07, 6.45) is 6.72. The number of ether oxygens (including phenoxy) is 1. The summed E-state index contributed by atoms with van der Waals surface area (Å²) < 4.78 is 5.89. The molecule has 2 heteroatoms. The van der Waals surface area contributed by atoms with Gasteiger partial charge in [0.15, 0.2) is 6.29 Å². The fourth-order valence-corrected chi connectivity index (χ4v) is 5.83. The predicted octanol–water partition coefficient (Wildman–Crippen LogP) is 3.73. The molecule has 18 heavy (non-hydrogen) atoms. The highest BCUT2D eigenvalue weighted by Crippen LogP contribution is 2.65. The van der Waals surface area contributed by atoms with E-state index in [1.165, 1.54) is 25.7 Å². The minimum absolute atomic E-state index is 0.0713. The Kier molecular flexibility index (Phi) is 2.68. The molecule has 0 aromatic carbocycles. The average molecular weight is 252 g/mol. The highest BCUT2D eigenvalue weighted by atomic mass is 16.6. The summed E-state index contributed by atoms with van der Waals surface area (Å²) in [5, 5.41) is 9.94. The minimum Gasteiger partial charge on any atom is -0.368 e. The van der Waals surface area contributed by atoms with E-state index in [1.807, 2.05) is 0 Å². The molecule has 5 atom stereocenters. The zero-order valence-electron chi connectivity index (χ0n) is 12.3. The molecule has 0 radical (unpaired) electrons. The standard InChI is InChI=1S/C16H28O2/c1-14(2)7-5-8-15(3)11(14)6-9-16(4)12(15)10-13(17)18-16/h11-13,17H,5-10H2,1-4H3/t11?,12-,13?,15+,16-/m1/s1. The van der Waals surface area contributed by atoms with Crippen molar-refractivity contribution in [3.8, 4) is 0 Å². The van der Waals surface area contributed by atoms with Crippen molar-refractivity contribution >= 4 is 0 Å². The van der Waals surface area contributed by atoms with Crippen LogP contribution in [-0.2, 0) is 4.74 Å². The first-order chi connectivity index (χ1) is 8.28. The molecule has 2 aliphatic carbocycles. The van der Waals surface area contributed by atoms with Crippen LogP contribution in [0, 0.1) is 22.7 Å². The molecule has 0 bridgehead atoms. The summed E-state index contributed by atoms with van der Waals surface area (Å²) in [5.41, 5.74) is 0.756. The van der Waals surface area contributed by atoms with E-state index < -0.39 is 6.29 Å². The molecular weight excluding hydrogens is 224 g/mol. The van der Waals surface area contributed by atoms with E-state index in [0.29, 0.717) is 16.7 Å². The molecule has 0 spiro atoms. The molecule has 0 aromatic heterocycles. The highest BCUT2D eigenvalue weighted by molar-refractivity contribution is 5.10. The fourth-order valence-electron chi connectivity index (χ4n) is 5.83. The van der Waals surface area contributed by atoms with Gasteiger partial charge >= 0.3 is 0 Å². The second kappa shape index (κ2) is 3.73. The third-order valence-electron chi connectivity index (χ3n) is 6.58. The average Bonchev–Trinajstić information content (AvgIpc) is 2.53. The van der Waals surface area contributed by atoms with E-state index in [4.69, 9.17) is 4.74 Å². The van der Waals surface area contributed by atoms with Crippen molar-refractivity contribution < 1.29 is 9.84 Å². The number of aliphatic hydroxyl groups is 1. The van der Waals surface area contributed by atoms with Crippen molar-refractivity contribution in [3.63, 3.8) is 0 Å². The first-order valence-corrected chi connectivity index (χ1v) is 7.64. The molecule has 1 N–H and O–H groups in total. The third-order valence-corrected chi connectivity index (χ3v) is 6.58. The molecule has 3 aliphatic rings. The summed E-state index contributed by atoms with van der Waals surface area (Å²) in [6, 6.07) is 0. The summed E-state index contributed by atoms with van der Waals surface area (Å²) >= 11 is 0. The first-order valence-electron chi connectivity index (χ1n) is 7.64. The Balaban J connectivity index is 1.98. The molecule has 1 aliphatic heterocycles. The van der Waals surface area contributed by atoms with Crippen LogP contribution in [0.2, 0.25) is 0 Å². The molecule has 1 heterocycles. The van der Waals surface area contributed by atoms with Gasteiger partial charge in [-0.25, -0.2) is 0 Å². The van der Waals surface area contributed by atoms with E-state index in [9.17, 15) is 5.11 Å². The van der Waals surface area contributed by atoms with Gasteiger partial charge in [-0.2, -0.15) is 0 Å². The van der Waals surface area contributed by atoms with Crippen molar-refractivity contribution in [2.45, 2.75) is 78.1 Å². The lowest BCUT2D eigenvalue weighted by Crippen LogP contribution is -2.55. The Bertz CT molecular complexity index is 351. The quantitative estimate of drug-likeness (QED) is 0.712. The lowest BCUT2D eigenvalue weighted by Gasteiger charge is -2.60. The van der Waals surface area contributed by atoms with Crippen LogP contribution in [-0.4, -0.2) is 17.0 Å². The molecule has 2 saturated carbocycles. The minimum atomic E-state index is -0.527. The molecule has 2 unspecified atom stereocenters. The Morgan fingerprint density at radius 2 is 1.72 bits per heavy atom. The maximum Gasteiger partial charge on any atom is 0.155 e. The number of hydrogen-bond donors (Lipinski definition) is 1. The molecule has 2 nitrogen and oxygen atoms in total. The van der Waals surface area contributed by atoms with Gasteiger partial charge in [0.1, 0.15) is 0 Å². The third kappa shape index (κ3) is 1.61. The molecule has 0 aromatic rings. The molecule has 0 amide bonds.